The minimum atomic E-state index is -1.24. The van der Waals surface area contributed by atoms with Crippen molar-refractivity contribution in [3.63, 3.8) is 0 Å². The molecule has 0 aliphatic heterocycles. The molecule has 0 N–H and O–H groups in total. The monoisotopic (exact) mass is 488 g/mol. The van der Waals surface area contributed by atoms with Gasteiger partial charge in [0.05, 0.1) is 6.61 Å². The molecule has 200 valence electrons. The molecule has 0 aliphatic rings. The fourth-order valence-corrected chi connectivity index (χ4v) is 4.57. The van der Waals surface area contributed by atoms with E-state index in [2.05, 4.69) is 6.92 Å². The summed E-state index contributed by atoms with van der Waals surface area (Å²) in [5.41, 5.74) is -0.233. The first-order valence-corrected chi connectivity index (χ1v) is 14.5. The summed E-state index contributed by atoms with van der Waals surface area (Å²) in [6, 6.07) is 7.32. The van der Waals surface area contributed by atoms with Crippen LogP contribution in [0, 0.1) is 12.3 Å². The van der Waals surface area contributed by atoms with Crippen LogP contribution >= 0.6 is 0 Å². The van der Waals surface area contributed by atoms with E-state index in [4.69, 9.17) is 9.47 Å². The number of benzene rings is 1. The van der Waals surface area contributed by atoms with Crippen molar-refractivity contribution in [2.45, 2.75) is 137 Å². The third-order valence-electron chi connectivity index (χ3n) is 7.17. The van der Waals surface area contributed by atoms with Gasteiger partial charge >= 0.3 is 11.9 Å². The summed E-state index contributed by atoms with van der Waals surface area (Å²) in [6.45, 7) is 8.27. The zero-order chi connectivity index (χ0) is 25.8. The van der Waals surface area contributed by atoms with Gasteiger partial charge in [0, 0.05) is 0 Å². The maximum Gasteiger partial charge on any atom is 0.328 e. The van der Waals surface area contributed by atoms with E-state index in [1.807, 2.05) is 32.9 Å². The van der Waals surface area contributed by atoms with Crippen LogP contribution in [0.1, 0.15) is 135 Å². The summed E-state index contributed by atoms with van der Waals surface area (Å²) < 4.78 is 11.1. The summed E-state index contributed by atoms with van der Waals surface area (Å²) in [5, 5.41) is 0. The third kappa shape index (κ3) is 12.6. The minimum absolute atomic E-state index is 0.367. The molecule has 0 unspecified atom stereocenters. The second-order valence-corrected chi connectivity index (χ2v) is 10.1. The lowest BCUT2D eigenvalue weighted by atomic mass is 9.82. The molecule has 0 heterocycles. The van der Waals surface area contributed by atoms with E-state index in [0.29, 0.717) is 25.2 Å². The van der Waals surface area contributed by atoms with Crippen molar-refractivity contribution in [1.29, 1.82) is 0 Å². The summed E-state index contributed by atoms with van der Waals surface area (Å²) in [6.07, 6.45) is 20.2. The lowest BCUT2D eigenvalue weighted by molar-refractivity contribution is -0.168. The van der Waals surface area contributed by atoms with Gasteiger partial charge < -0.3 is 9.47 Å². The van der Waals surface area contributed by atoms with Crippen molar-refractivity contribution in [3.05, 3.63) is 29.8 Å². The third-order valence-corrected chi connectivity index (χ3v) is 7.17. The van der Waals surface area contributed by atoms with Crippen molar-refractivity contribution < 1.29 is 19.1 Å². The molecule has 0 saturated carbocycles. The van der Waals surface area contributed by atoms with Gasteiger partial charge in [0.2, 0.25) is 0 Å². The molecule has 35 heavy (non-hydrogen) atoms. The molecule has 0 saturated heterocycles. The van der Waals surface area contributed by atoms with Crippen LogP contribution in [0.4, 0.5) is 0 Å². The first-order valence-electron chi connectivity index (χ1n) is 14.5. The fraction of sp³-hybridized carbons (Fsp3) is 0.742. The van der Waals surface area contributed by atoms with Crippen LogP contribution in [-0.2, 0) is 14.3 Å². The quantitative estimate of drug-likeness (QED) is 0.0749. The molecule has 4 nitrogen and oxygen atoms in total. The van der Waals surface area contributed by atoms with Gasteiger partial charge in [0.1, 0.15) is 5.75 Å². The summed E-state index contributed by atoms with van der Waals surface area (Å²) in [4.78, 5) is 25.7. The molecule has 0 spiro atoms. The van der Waals surface area contributed by atoms with Gasteiger partial charge in [-0.15, -0.1) is 0 Å². The highest BCUT2D eigenvalue weighted by molar-refractivity contribution is 6.00. The van der Waals surface area contributed by atoms with E-state index in [0.717, 1.165) is 18.4 Å². The minimum Gasteiger partial charge on any atom is -0.465 e. The number of ether oxygens (including phenoxy) is 2. The van der Waals surface area contributed by atoms with Crippen molar-refractivity contribution in [2.75, 3.05) is 6.61 Å². The maximum absolute atomic E-state index is 12.9. The van der Waals surface area contributed by atoms with Gasteiger partial charge in [0.25, 0.3) is 0 Å². The Morgan fingerprint density at radius 1 is 0.686 bits per heavy atom. The molecule has 0 atom stereocenters. The number of unbranched alkanes of at least 4 members (excludes halogenated alkanes) is 14. The molecule has 1 rings (SSSR count). The van der Waals surface area contributed by atoms with E-state index < -0.39 is 17.4 Å². The van der Waals surface area contributed by atoms with E-state index in [1.54, 1.807) is 12.1 Å². The van der Waals surface area contributed by atoms with E-state index in [-0.39, 0.29) is 0 Å². The smallest absolute Gasteiger partial charge is 0.328 e. The van der Waals surface area contributed by atoms with Gasteiger partial charge in [-0.1, -0.05) is 123 Å². The molecular weight excluding hydrogens is 436 g/mol. The SMILES string of the molecule is CCCCCCCCCCCCCCCCCOC(=O)C(CC)(CC)C(=O)Oc1cccc(C)c1. The molecule has 0 fully saturated rings. The number of hydrogen-bond acceptors (Lipinski definition) is 4. The highest BCUT2D eigenvalue weighted by atomic mass is 16.6. The van der Waals surface area contributed by atoms with Crippen LogP contribution in [0.25, 0.3) is 0 Å². The Hall–Kier alpha value is -1.84. The number of carbonyl (C=O) groups is 2. The van der Waals surface area contributed by atoms with Crippen LogP contribution in [-0.4, -0.2) is 18.5 Å². The Kier molecular flexibility index (Phi) is 17.3. The predicted octanol–water partition coefficient (Wildman–Crippen LogP) is 9.12. The van der Waals surface area contributed by atoms with Crippen molar-refractivity contribution in [3.8, 4) is 5.75 Å². The Labute approximate surface area is 215 Å². The first-order chi connectivity index (χ1) is 17.0. The molecule has 1 aromatic carbocycles. The molecule has 1 aromatic rings. The van der Waals surface area contributed by atoms with E-state index in [9.17, 15) is 9.59 Å². The summed E-state index contributed by atoms with van der Waals surface area (Å²) in [5.74, 6) is -0.503. The molecule has 0 radical (unpaired) electrons. The molecular formula is C31H52O4. The van der Waals surface area contributed by atoms with E-state index in [1.165, 1.54) is 83.5 Å². The van der Waals surface area contributed by atoms with Gasteiger partial charge in [-0.2, -0.15) is 0 Å². The second kappa shape index (κ2) is 19.4. The number of aryl methyl sites for hydroxylation is 1. The maximum atomic E-state index is 12.9. The van der Waals surface area contributed by atoms with Crippen LogP contribution in [0.3, 0.4) is 0 Å². The standard InChI is InChI=1S/C31H52O4/c1-5-8-9-10-11-12-13-14-15-16-17-18-19-20-21-25-34-29(32)31(6-2,7-3)30(33)35-28-24-22-23-27(4)26-28/h22-24,26H,5-21,25H2,1-4H3. The number of hydrogen-bond donors (Lipinski definition) is 0. The highest BCUT2D eigenvalue weighted by Gasteiger charge is 2.46. The van der Waals surface area contributed by atoms with Gasteiger partial charge in [-0.3, -0.25) is 9.59 Å². The fourth-order valence-electron chi connectivity index (χ4n) is 4.57. The van der Waals surface area contributed by atoms with Crippen LogP contribution in [0.2, 0.25) is 0 Å². The zero-order valence-corrected chi connectivity index (χ0v) is 23.2. The Morgan fingerprint density at radius 3 is 1.63 bits per heavy atom. The Bertz CT molecular complexity index is 693. The average Bonchev–Trinajstić information content (AvgIpc) is 2.85. The summed E-state index contributed by atoms with van der Waals surface area (Å²) in [7, 11) is 0. The number of rotatable bonds is 21. The molecule has 0 aliphatic carbocycles. The number of carbonyl (C=O) groups excluding carboxylic acids is 2. The summed E-state index contributed by atoms with van der Waals surface area (Å²) >= 11 is 0. The van der Waals surface area contributed by atoms with Gasteiger partial charge in [-0.05, 0) is 43.9 Å². The first kappa shape index (κ1) is 31.2. The molecule has 0 amide bonds. The lowest BCUT2D eigenvalue weighted by Crippen LogP contribution is -2.42. The molecule has 4 heteroatoms. The Morgan fingerprint density at radius 2 is 1.17 bits per heavy atom. The normalized spacial score (nSPS) is 11.4. The van der Waals surface area contributed by atoms with Crippen molar-refractivity contribution >= 4 is 11.9 Å². The van der Waals surface area contributed by atoms with E-state index >= 15 is 0 Å². The number of esters is 2. The van der Waals surface area contributed by atoms with Crippen molar-refractivity contribution in [2.24, 2.45) is 5.41 Å². The molecule has 0 aromatic heterocycles. The van der Waals surface area contributed by atoms with Crippen LogP contribution in [0.15, 0.2) is 24.3 Å². The van der Waals surface area contributed by atoms with Crippen molar-refractivity contribution in [1.82, 2.24) is 0 Å². The largest absolute Gasteiger partial charge is 0.465 e. The average molecular weight is 489 g/mol. The topological polar surface area (TPSA) is 52.6 Å². The zero-order valence-electron chi connectivity index (χ0n) is 23.2. The van der Waals surface area contributed by atoms with Gasteiger partial charge in [-0.25, -0.2) is 0 Å². The Balaban J connectivity index is 2.14. The predicted molar refractivity (Wildman–Crippen MR) is 146 cm³/mol. The van der Waals surface area contributed by atoms with Gasteiger partial charge in [0.15, 0.2) is 5.41 Å². The molecule has 0 bridgehead atoms. The lowest BCUT2D eigenvalue weighted by Gasteiger charge is -2.26. The second-order valence-electron chi connectivity index (χ2n) is 10.1. The van der Waals surface area contributed by atoms with Crippen LogP contribution in [0.5, 0.6) is 5.75 Å². The van der Waals surface area contributed by atoms with Crippen LogP contribution < -0.4 is 4.74 Å². The highest BCUT2D eigenvalue weighted by Crippen LogP contribution is 2.31.